The van der Waals surface area contributed by atoms with E-state index >= 15 is 0 Å². The van der Waals surface area contributed by atoms with Crippen LogP contribution in [0.5, 0.6) is 11.5 Å². The first kappa shape index (κ1) is 25.2. The standard InChI is InChI=1S/C17H19N3O3S.C8H17N/c1-10-8-18-15(11(2)16(10)23-4)9-24(21)17-19-13-6-5-12(22-3)7-14(13)20-17;1-7(9)8-5-3-2-4-6-8/h5-8H,9H2,1-4H3,(H,19,20);7-8H,2-6,9H2,1H3. The van der Waals surface area contributed by atoms with Crippen LogP contribution in [-0.4, -0.2) is 39.4 Å². The van der Waals surface area contributed by atoms with Gasteiger partial charge in [0.1, 0.15) is 11.5 Å². The zero-order chi connectivity index (χ0) is 24.0. The van der Waals surface area contributed by atoms with Crippen molar-refractivity contribution in [1.29, 1.82) is 0 Å². The van der Waals surface area contributed by atoms with Gasteiger partial charge in [-0.1, -0.05) is 19.3 Å². The van der Waals surface area contributed by atoms with Crippen LogP contribution in [0.2, 0.25) is 0 Å². The number of fused-ring (bicyclic) bond motifs is 1. The Morgan fingerprint density at radius 3 is 2.52 bits per heavy atom. The van der Waals surface area contributed by atoms with Gasteiger partial charge in [-0.2, -0.15) is 0 Å². The Morgan fingerprint density at radius 2 is 1.91 bits per heavy atom. The third-order valence-corrected chi connectivity index (χ3v) is 7.45. The molecule has 0 aliphatic heterocycles. The molecular formula is C25H36N4O3S. The number of aromatic amines is 1. The summed E-state index contributed by atoms with van der Waals surface area (Å²) in [6.45, 7) is 6.00. The summed E-state index contributed by atoms with van der Waals surface area (Å²) in [6.07, 6.45) is 8.73. The van der Waals surface area contributed by atoms with Crippen molar-refractivity contribution in [2.24, 2.45) is 11.7 Å². The smallest absolute Gasteiger partial charge is 0.197 e. The van der Waals surface area contributed by atoms with Crippen LogP contribution >= 0.6 is 0 Å². The van der Waals surface area contributed by atoms with Crippen molar-refractivity contribution in [2.75, 3.05) is 14.2 Å². The van der Waals surface area contributed by atoms with Crippen LogP contribution in [0.3, 0.4) is 0 Å². The van der Waals surface area contributed by atoms with E-state index in [1.165, 1.54) is 32.1 Å². The Labute approximate surface area is 199 Å². The lowest BCUT2D eigenvalue weighted by Gasteiger charge is -2.24. The van der Waals surface area contributed by atoms with Crippen LogP contribution in [0, 0.1) is 19.8 Å². The first-order valence-corrected chi connectivity index (χ1v) is 12.8. The zero-order valence-corrected chi connectivity index (χ0v) is 21.1. The van der Waals surface area contributed by atoms with Gasteiger partial charge in [0.25, 0.3) is 0 Å². The molecule has 0 bridgehead atoms. The maximum Gasteiger partial charge on any atom is 0.197 e. The minimum atomic E-state index is -1.33. The molecule has 33 heavy (non-hydrogen) atoms. The average molecular weight is 473 g/mol. The molecule has 180 valence electrons. The summed E-state index contributed by atoms with van der Waals surface area (Å²) in [4.78, 5) is 11.9. The second kappa shape index (κ2) is 11.6. The molecule has 1 saturated carbocycles. The predicted molar refractivity (Wildman–Crippen MR) is 133 cm³/mol. The van der Waals surface area contributed by atoms with Gasteiger partial charge in [0.05, 0.1) is 47.5 Å². The van der Waals surface area contributed by atoms with Crippen molar-refractivity contribution in [3.63, 3.8) is 0 Å². The predicted octanol–water partition coefficient (Wildman–Crippen LogP) is 4.81. The summed E-state index contributed by atoms with van der Waals surface area (Å²) in [7, 11) is 1.91. The largest absolute Gasteiger partial charge is 0.497 e. The fourth-order valence-electron chi connectivity index (χ4n) is 4.27. The molecule has 1 fully saturated rings. The van der Waals surface area contributed by atoms with Crippen LogP contribution in [-0.2, 0) is 16.6 Å². The van der Waals surface area contributed by atoms with Gasteiger partial charge in [-0.3, -0.25) is 9.19 Å². The highest BCUT2D eigenvalue weighted by atomic mass is 32.2. The summed E-state index contributed by atoms with van der Waals surface area (Å²) in [5.74, 6) is 2.62. The molecule has 1 aliphatic rings. The molecule has 0 spiro atoms. The Kier molecular flexibility index (Phi) is 8.86. The van der Waals surface area contributed by atoms with Crippen LogP contribution in [0.4, 0.5) is 0 Å². The number of rotatable bonds is 6. The van der Waals surface area contributed by atoms with Crippen molar-refractivity contribution in [3.05, 3.63) is 41.2 Å². The number of nitrogens with zero attached hydrogens (tertiary/aromatic N) is 2. The molecule has 3 N–H and O–H groups in total. The molecule has 0 amide bonds. The number of imidazole rings is 1. The first-order chi connectivity index (χ1) is 15.8. The van der Waals surface area contributed by atoms with E-state index in [9.17, 15) is 4.21 Å². The Bertz CT molecular complexity index is 1090. The van der Waals surface area contributed by atoms with Crippen LogP contribution in [0.15, 0.2) is 29.6 Å². The molecule has 2 aromatic heterocycles. The van der Waals surface area contributed by atoms with Crippen LogP contribution in [0.1, 0.15) is 55.8 Å². The fourth-order valence-corrected chi connectivity index (χ4v) is 5.37. The van der Waals surface area contributed by atoms with E-state index < -0.39 is 10.8 Å². The quantitative estimate of drug-likeness (QED) is 0.533. The van der Waals surface area contributed by atoms with E-state index in [0.29, 0.717) is 11.2 Å². The highest BCUT2D eigenvalue weighted by Crippen LogP contribution is 2.27. The number of benzene rings is 1. The highest BCUT2D eigenvalue weighted by molar-refractivity contribution is 7.84. The highest BCUT2D eigenvalue weighted by Gasteiger charge is 2.17. The lowest BCUT2D eigenvalue weighted by atomic mass is 9.85. The van der Waals surface area contributed by atoms with E-state index in [2.05, 4.69) is 21.9 Å². The number of nitrogens with two attached hydrogens (primary N) is 1. The van der Waals surface area contributed by atoms with Crippen molar-refractivity contribution >= 4 is 21.8 Å². The van der Waals surface area contributed by atoms with Gasteiger partial charge < -0.3 is 20.2 Å². The Morgan fingerprint density at radius 1 is 1.18 bits per heavy atom. The second-order valence-electron chi connectivity index (χ2n) is 8.72. The van der Waals surface area contributed by atoms with E-state index in [-0.39, 0.29) is 5.75 Å². The second-order valence-corrected chi connectivity index (χ2v) is 10.1. The first-order valence-electron chi connectivity index (χ1n) is 11.5. The van der Waals surface area contributed by atoms with Gasteiger partial charge >= 0.3 is 0 Å². The number of pyridine rings is 1. The summed E-state index contributed by atoms with van der Waals surface area (Å²) < 4.78 is 23.3. The number of ether oxygens (including phenoxy) is 2. The van der Waals surface area contributed by atoms with Crippen molar-refractivity contribution in [1.82, 2.24) is 15.0 Å². The Balaban J connectivity index is 0.000000286. The monoisotopic (exact) mass is 472 g/mol. The molecule has 1 aromatic carbocycles. The summed E-state index contributed by atoms with van der Waals surface area (Å²) in [5, 5.41) is 0.430. The summed E-state index contributed by atoms with van der Waals surface area (Å²) in [5.41, 5.74) is 9.93. The van der Waals surface area contributed by atoms with Gasteiger partial charge in [0.2, 0.25) is 0 Å². The van der Waals surface area contributed by atoms with Gasteiger partial charge in [0.15, 0.2) is 5.16 Å². The SMILES string of the molecule is CC(N)C1CCCCC1.COc1ccc2nc(S(=O)Cc3ncc(C)c(OC)c3C)[nH]c2c1. The number of hydrogen-bond acceptors (Lipinski definition) is 6. The Hall–Kier alpha value is -2.45. The van der Waals surface area contributed by atoms with Gasteiger partial charge in [-0.25, -0.2) is 4.98 Å². The number of aromatic nitrogens is 3. The minimum Gasteiger partial charge on any atom is -0.497 e. The summed E-state index contributed by atoms with van der Waals surface area (Å²) in [6, 6.07) is 5.93. The topological polar surface area (TPSA) is 103 Å². The van der Waals surface area contributed by atoms with Crippen LogP contribution < -0.4 is 15.2 Å². The van der Waals surface area contributed by atoms with Crippen LogP contribution in [0.25, 0.3) is 11.0 Å². The average Bonchev–Trinajstić information content (AvgIpc) is 3.26. The lowest BCUT2D eigenvalue weighted by molar-refractivity contribution is 0.316. The molecule has 2 heterocycles. The van der Waals surface area contributed by atoms with Gasteiger partial charge in [0, 0.05) is 29.4 Å². The molecular weight excluding hydrogens is 436 g/mol. The number of H-pyrrole nitrogens is 1. The number of methoxy groups -OCH3 is 2. The van der Waals surface area contributed by atoms with E-state index in [1.54, 1.807) is 20.4 Å². The lowest BCUT2D eigenvalue weighted by Crippen LogP contribution is -2.27. The van der Waals surface area contributed by atoms with Crippen molar-refractivity contribution < 1.29 is 13.7 Å². The van der Waals surface area contributed by atoms with E-state index in [1.807, 2.05) is 32.0 Å². The molecule has 2 atom stereocenters. The summed E-state index contributed by atoms with van der Waals surface area (Å²) >= 11 is 0. The molecule has 0 radical (unpaired) electrons. The van der Waals surface area contributed by atoms with Crippen molar-refractivity contribution in [2.45, 2.75) is 69.8 Å². The molecule has 1 aliphatic carbocycles. The zero-order valence-electron chi connectivity index (χ0n) is 20.3. The minimum absolute atomic E-state index is 0.277. The van der Waals surface area contributed by atoms with Gasteiger partial charge in [-0.05, 0) is 51.7 Å². The number of nitrogens with one attached hydrogen (secondary N) is 1. The molecule has 2 unspecified atom stereocenters. The van der Waals surface area contributed by atoms with Crippen molar-refractivity contribution in [3.8, 4) is 11.5 Å². The fraction of sp³-hybridized carbons (Fsp3) is 0.520. The van der Waals surface area contributed by atoms with Gasteiger partial charge in [-0.15, -0.1) is 0 Å². The number of hydrogen-bond donors (Lipinski definition) is 2. The van der Waals surface area contributed by atoms with E-state index in [0.717, 1.165) is 45.3 Å². The van der Waals surface area contributed by atoms with E-state index in [4.69, 9.17) is 15.2 Å². The molecule has 8 heteroatoms. The third kappa shape index (κ3) is 6.32. The molecule has 0 saturated heterocycles. The molecule has 4 rings (SSSR count). The molecule has 7 nitrogen and oxygen atoms in total. The number of aryl methyl sites for hydroxylation is 1. The molecule has 3 aromatic rings. The maximum absolute atomic E-state index is 12.7. The third-order valence-electron chi connectivity index (χ3n) is 6.29. The normalized spacial score (nSPS) is 16.1. The maximum atomic E-state index is 12.7.